The number of fused-ring (bicyclic) bond motifs is 1. The molecular formula is C22H24N4. The number of anilines is 1. The molecule has 0 bridgehead atoms. The van der Waals surface area contributed by atoms with Crippen LogP contribution >= 0.6 is 0 Å². The summed E-state index contributed by atoms with van der Waals surface area (Å²) >= 11 is 0. The molecule has 26 heavy (non-hydrogen) atoms. The molecule has 4 rings (SSSR count). The number of hydrogen-bond donors (Lipinski definition) is 2. The van der Waals surface area contributed by atoms with E-state index in [1.807, 2.05) is 42.6 Å². The van der Waals surface area contributed by atoms with E-state index in [2.05, 4.69) is 37.1 Å². The lowest BCUT2D eigenvalue weighted by Crippen LogP contribution is -2.16. The van der Waals surface area contributed by atoms with Gasteiger partial charge in [-0.25, -0.2) is 9.97 Å². The molecule has 2 aliphatic rings. The molecule has 0 amide bonds. The van der Waals surface area contributed by atoms with Crippen LogP contribution in [-0.2, 0) is 6.54 Å². The molecule has 2 unspecified atom stereocenters. The highest BCUT2D eigenvalue weighted by Crippen LogP contribution is 2.43. The highest BCUT2D eigenvalue weighted by Gasteiger charge is 2.33. The van der Waals surface area contributed by atoms with E-state index in [-0.39, 0.29) is 0 Å². The molecule has 1 aromatic heterocycles. The lowest BCUT2D eigenvalue weighted by Gasteiger charge is -2.18. The van der Waals surface area contributed by atoms with Gasteiger partial charge in [-0.1, -0.05) is 49.4 Å². The van der Waals surface area contributed by atoms with Crippen molar-refractivity contribution in [2.45, 2.75) is 26.8 Å². The first-order valence-electron chi connectivity index (χ1n) is 9.12. The third-order valence-corrected chi connectivity index (χ3v) is 5.07. The third-order valence-electron chi connectivity index (χ3n) is 5.07. The van der Waals surface area contributed by atoms with E-state index in [1.54, 1.807) is 0 Å². The number of nitrogens with zero attached hydrogens (tertiary/aromatic N) is 2. The van der Waals surface area contributed by atoms with Gasteiger partial charge < -0.3 is 10.6 Å². The quantitative estimate of drug-likeness (QED) is 0.769. The summed E-state index contributed by atoms with van der Waals surface area (Å²) in [5.74, 6) is 3.04. The zero-order valence-electron chi connectivity index (χ0n) is 15.3. The van der Waals surface area contributed by atoms with Gasteiger partial charge in [0.15, 0.2) is 5.82 Å². The Balaban J connectivity index is 1.66. The summed E-state index contributed by atoms with van der Waals surface area (Å²) in [7, 11) is 0. The predicted octanol–water partition coefficient (Wildman–Crippen LogP) is 4.75. The molecule has 2 N–H and O–H groups in total. The number of hydrogen-bond acceptors (Lipinski definition) is 4. The minimum atomic E-state index is 0.698. The molecule has 1 saturated carbocycles. The molecule has 4 nitrogen and oxygen atoms in total. The molecule has 0 saturated heterocycles. The Labute approximate surface area is 154 Å². The van der Waals surface area contributed by atoms with E-state index in [4.69, 9.17) is 9.97 Å². The van der Waals surface area contributed by atoms with Crippen molar-refractivity contribution < 1.29 is 0 Å². The van der Waals surface area contributed by atoms with Gasteiger partial charge in [-0.2, -0.15) is 0 Å². The molecule has 2 atom stereocenters. The van der Waals surface area contributed by atoms with E-state index in [0.29, 0.717) is 12.5 Å². The van der Waals surface area contributed by atoms with Crippen molar-refractivity contribution in [3.8, 4) is 11.4 Å². The van der Waals surface area contributed by atoms with E-state index in [9.17, 15) is 0 Å². The van der Waals surface area contributed by atoms with Gasteiger partial charge >= 0.3 is 0 Å². The van der Waals surface area contributed by atoms with Crippen LogP contribution in [0.25, 0.3) is 17.5 Å². The van der Waals surface area contributed by atoms with Crippen molar-refractivity contribution in [2.75, 3.05) is 5.32 Å². The second-order valence-electron chi connectivity index (χ2n) is 7.19. The summed E-state index contributed by atoms with van der Waals surface area (Å²) in [6.45, 7) is 9.37. The largest absolute Gasteiger partial charge is 0.385 e. The lowest BCUT2D eigenvalue weighted by molar-refractivity contribution is 0.818. The van der Waals surface area contributed by atoms with Gasteiger partial charge in [0, 0.05) is 16.8 Å². The van der Waals surface area contributed by atoms with E-state index in [1.165, 1.54) is 12.0 Å². The van der Waals surface area contributed by atoms with E-state index < -0.39 is 0 Å². The van der Waals surface area contributed by atoms with Crippen molar-refractivity contribution in [3.05, 3.63) is 71.7 Å². The number of benzene rings is 1. The maximum absolute atomic E-state index is 4.79. The topological polar surface area (TPSA) is 49.8 Å². The number of allylic oxidation sites excluding steroid dienone is 2. The van der Waals surface area contributed by atoms with Crippen molar-refractivity contribution in [3.63, 3.8) is 0 Å². The molecule has 4 heteroatoms. The van der Waals surface area contributed by atoms with Crippen LogP contribution in [0.2, 0.25) is 0 Å². The summed E-state index contributed by atoms with van der Waals surface area (Å²) < 4.78 is 0. The second kappa shape index (κ2) is 6.79. The smallest absolute Gasteiger partial charge is 0.161 e. The maximum Gasteiger partial charge on any atom is 0.161 e. The number of aromatic nitrogens is 2. The van der Waals surface area contributed by atoms with Gasteiger partial charge in [-0.05, 0) is 43.5 Å². The molecule has 132 valence electrons. The highest BCUT2D eigenvalue weighted by molar-refractivity contribution is 5.71. The summed E-state index contributed by atoms with van der Waals surface area (Å²) in [6.07, 6.45) is 7.39. The summed E-state index contributed by atoms with van der Waals surface area (Å²) in [6, 6.07) is 10.1. The fourth-order valence-electron chi connectivity index (χ4n) is 3.46. The van der Waals surface area contributed by atoms with Crippen LogP contribution in [0, 0.1) is 11.8 Å². The minimum Gasteiger partial charge on any atom is -0.385 e. The zero-order valence-corrected chi connectivity index (χ0v) is 15.3. The monoisotopic (exact) mass is 344 g/mol. The Bertz CT molecular complexity index is 896. The summed E-state index contributed by atoms with van der Waals surface area (Å²) in [5.41, 5.74) is 5.28. The Morgan fingerprint density at radius 3 is 2.77 bits per heavy atom. The zero-order chi connectivity index (χ0) is 18.1. The van der Waals surface area contributed by atoms with Gasteiger partial charge in [0.05, 0.1) is 12.2 Å². The summed E-state index contributed by atoms with van der Waals surface area (Å²) in [4.78, 5) is 9.54. The molecular weight excluding hydrogens is 320 g/mol. The van der Waals surface area contributed by atoms with Crippen LogP contribution < -0.4 is 10.6 Å². The van der Waals surface area contributed by atoms with Crippen molar-refractivity contribution in [2.24, 2.45) is 11.8 Å². The minimum absolute atomic E-state index is 0.698. The normalized spacial score (nSPS) is 20.9. The molecule has 0 radical (unpaired) electrons. The van der Waals surface area contributed by atoms with Gasteiger partial charge in [-0.15, -0.1) is 0 Å². The van der Waals surface area contributed by atoms with E-state index >= 15 is 0 Å². The van der Waals surface area contributed by atoms with Crippen molar-refractivity contribution in [1.29, 1.82) is 0 Å². The lowest BCUT2D eigenvalue weighted by atomic mass is 10.1. The number of rotatable bonds is 5. The predicted molar refractivity (Wildman–Crippen MR) is 107 cm³/mol. The Kier molecular flexibility index (Phi) is 4.33. The van der Waals surface area contributed by atoms with Crippen molar-refractivity contribution >= 4 is 11.9 Å². The van der Waals surface area contributed by atoms with Crippen LogP contribution in [0.4, 0.5) is 5.82 Å². The Hall–Kier alpha value is -2.88. The standard InChI is InChI=1S/C22H24N4/c1-14(19-12-15(19)2)11-16(3)24-22-18-9-10-23-13-20(18)25-21(26-22)17-7-5-4-6-8-17/h4-11,15,19,23H,3,12-13H2,1-2H3,(H,24,25,26)/b14-11+. The van der Waals surface area contributed by atoms with Gasteiger partial charge in [0.1, 0.15) is 5.82 Å². The third kappa shape index (κ3) is 3.40. The SMILES string of the molecule is C=C(/C=C(\C)C1CC1C)Nc1nc(-c2ccccc2)nc2c1C=CNC2. The molecule has 1 aliphatic carbocycles. The first-order valence-corrected chi connectivity index (χ1v) is 9.12. The molecule has 1 aliphatic heterocycles. The average molecular weight is 344 g/mol. The molecule has 1 aromatic carbocycles. The van der Waals surface area contributed by atoms with Gasteiger partial charge in [0.25, 0.3) is 0 Å². The second-order valence-corrected chi connectivity index (χ2v) is 7.19. The average Bonchev–Trinajstić information content (AvgIpc) is 3.39. The van der Waals surface area contributed by atoms with Crippen LogP contribution in [0.15, 0.2) is 60.5 Å². The Morgan fingerprint density at radius 2 is 2.04 bits per heavy atom. The molecule has 2 heterocycles. The first kappa shape index (κ1) is 16.6. The fraction of sp³-hybridized carbons (Fsp3) is 0.273. The van der Waals surface area contributed by atoms with Crippen LogP contribution in [0.1, 0.15) is 31.5 Å². The molecule has 2 aromatic rings. The van der Waals surface area contributed by atoms with Gasteiger partial charge in [-0.3, -0.25) is 0 Å². The van der Waals surface area contributed by atoms with Crippen LogP contribution in [0.5, 0.6) is 0 Å². The highest BCUT2D eigenvalue weighted by atomic mass is 15.1. The maximum atomic E-state index is 4.79. The Morgan fingerprint density at radius 1 is 1.27 bits per heavy atom. The molecule has 1 fully saturated rings. The molecule has 0 spiro atoms. The van der Waals surface area contributed by atoms with E-state index in [0.717, 1.165) is 40.1 Å². The number of nitrogens with one attached hydrogen (secondary N) is 2. The van der Waals surface area contributed by atoms with Crippen LogP contribution in [-0.4, -0.2) is 9.97 Å². The first-order chi connectivity index (χ1) is 12.6. The van der Waals surface area contributed by atoms with Crippen LogP contribution in [0.3, 0.4) is 0 Å². The summed E-state index contributed by atoms with van der Waals surface area (Å²) in [5, 5.41) is 6.64. The van der Waals surface area contributed by atoms with Crippen molar-refractivity contribution in [1.82, 2.24) is 15.3 Å². The fourth-order valence-corrected chi connectivity index (χ4v) is 3.46. The van der Waals surface area contributed by atoms with Gasteiger partial charge in [0.2, 0.25) is 0 Å².